The van der Waals surface area contributed by atoms with Crippen LogP contribution < -0.4 is 10.1 Å². The van der Waals surface area contributed by atoms with Crippen molar-refractivity contribution in [2.24, 2.45) is 0 Å². The maximum absolute atomic E-state index is 12.0. The van der Waals surface area contributed by atoms with Crippen LogP contribution in [0.2, 0.25) is 0 Å². The number of rotatable bonds is 5. The van der Waals surface area contributed by atoms with Crippen LogP contribution in [-0.2, 0) is 0 Å². The average molecular weight is 280 g/mol. The Kier molecular flexibility index (Phi) is 4.67. The van der Waals surface area contributed by atoms with Crippen molar-refractivity contribution in [3.05, 3.63) is 59.7 Å². The van der Waals surface area contributed by atoms with Crippen molar-refractivity contribution in [2.75, 3.05) is 11.9 Å². The number of hydrogen-bond donors (Lipinski definition) is 1. The molecule has 104 valence electrons. The van der Waals surface area contributed by atoms with Gasteiger partial charge in [-0.2, -0.15) is 5.26 Å². The normalized spacial score (nSPS) is 9.48. The monoisotopic (exact) mass is 280 g/mol. The van der Waals surface area contributed by atoms with Crippen molar-refractivity contribution in [1.29, 1.82) is 5.26 Å². The molecule has 0 bridgehead atoms. The predicted octanol–water partition coefficient (Wildman–Crippen LogP) is 2.65. The molecule has 0 unspecified atom stereocenters. The molecule has 0 aliphatic rings. The third kappa shape index (κ3) is 3.91. The van der Waals surface area contributed by atoms with E-state index in [0.29, 0.717) is 22.6 Å². The van der Waals surface area contributed by atoms with Gasteiger partial charge in [-0.1, -0.05) is 12.1 Å². The van der Waals surface area contributed by atoms with E-state index >= 15 is 0 Å². The second-order valence-corrected chi connectivity index (χ2v) is 4.17. The fourth-order valence-electron chi connectivity index (χ4n) is 1.67. The summed E-state index contributed by atoms with van der Waals surface area (Å²) in [4.78, 5) is 22.6. The Morgan fingerprint density at radius 2 is 1.81 bits per heavy atom. The number of ether oxygens (including phenoxy) is 1. The zero-order chi connectivity index (χ0) is 15.1. The largest absolute Gasteiger partial charge is 0.479 e. The summed E-state index contributed by atoms with van der Waals surface area (Å²) in [5, 5.41) is 11.1. The molecule has 0 aliphatic heterocycles. The molecule has 2 aromatic rings. The van der Waals surface area contributed by atoms with E-state index in [1.165, 1.54) is 0 Å². The summed E-state index contributed by atoms with van der Waals surface area (Å²) in [6.07, 6.45) is 0.724. The molecular formula is C16H12N2O3. The Morgan fingerprint density at radius 3 is 2.38 bits per heavy atom. The van der Waals surface area contributed by atoms with E-state index < -0.39 is 0 Å². The van der Waals surface area contributed by atoms with Gasteiger partial charge in [0.05, 0.1) is 0 Å². The van der Waals surface area contributed by atoms with Gasteiger partial charge >= 0.3 is 0 Å². The number of benzene rings is 2. The molecule has 1 amide bonds. The number of nitrogens with one attached hydrogen (secondary N) is 1. The van der Waals surface area contributed by atoms with Crippen LogP contribution in [0.3, 0.4) is 0 Å². The van der Waals surface area contributed by atoms with E-state index in [4.69, 9.17) is 10.00 Å². The molecule has 0 radical (unpaired) electrons. The Hall–Kier alpha value is -3.13. The third-order valence-electron chi connectivity index (χ3n) is 2.72. The molecule has 0 aromatic heterocycles. The number of nitrogens with zero attached hydrogens (tertiary/aromatic N) is 1. The van der Waals surface area contributed by atoms with Crippen molar-refractivity contribution in [1.82, 2.24) is 0 Å². The molecule has 5 heteroatoms. The van der Waals surface area contributed by atoms with Crippen LogP contribution in [0.15, 0.2) is 48.5 Å². The lowest BCUT2D eigenvalue weighted by atomic mass is 10.1. The van der Waals surface area contributed by atoms with Crippen molar-refractivity contribution >= 4 is 17.9 Å². The predicted molar refractivity (Wildman–Crippen MR) is 77.3 cm³/mol. The average Bonchev–Trinajstić information content (AvgIpc) is 2.54. The fraction of sp³-hybridized carbons (Fsp3) is 0.0625. The molecule has 0 aliphatic carbocycles. The minimum atomic E-state index is -0.266. The van der Waals surface area contributed by atoms with E-state index in [-0.39, 0.29) is 12.5 Å². The summed E-state index contributed by atoms with van der Waals surface area (Å²) in [6.45, 7) is -0.0191. The molecule has 5 nitrogen and oxygen atoms in total. The van der Waals surface area contributed by atoms with Crippen molar-refractivity contribution in [3.8, 4) is 11.8 Å². The lowest BCUT2D eigenvalue weighted by molar-refractivity contribution is 0.102. The van der Waals surface area contributed by atoms with E-state index in [1.54, 1.807) is 48.5 Å². The molecule has 0 heterocycles. The van der Waals surface area contributed by atoms with Crippen molar-refractivity contribution < 1.29 is 14.3 Å². The van der Waals surface area contributed by atoms with Gasteiger partial charge in [0.25, 0.3) is 5.91 Å². The second kappa shape index (κ2) is 6.87. The first-order chi connectivity index (χ1) is 10.2. The molecule has 2 aromatic carbocycles. The highest BCUT2D eigenvalue weighted by atomic mass is 16.5. The van der Waals surface area contributed by atoms with Crippen LogP contribution in [0, 0.1) is 11.3 Å². The van der Waals surface area contributed by atoms with E-state index in [1.807, 2.05) is 6.07 Å². The van der Waals surface area contributed by atoms with Gasteiger partial charge in [-0.05, 0) is 36.4 Å². The highest BCUT2D eigenvalue weighted by Crippen LogP contribution is 2.16. The van der Waals surface area contributed by atoms with Crippen LogP contribution in [0.1, 0.15) is 20.7 Å². The Labute approximate surface area is 121 Å². The van der Waals surface area contributed by atoms with Gasteiger partial charge in [0.1, 0.15) is 18.1 Å². The Morgan fingerprint density at radius 1 is 1.14 bits per heavy atom. The number of aldehydes is 1. The van der Waals surface area contributed by atoms with Gasteiger partial charge in [0, 0.05) is 16.8 Å². The Balaban J connectivity index is 2.01. The number of nitriles is 1. The van der Waals surface area contributed by atoms with Crippen molar-refractivity contribution in [3.63, 3.8) is 0 Å². The minimum absolute atomic E-state index is 0.0191. The number of carbonyl (C=O) groups excluding carboxylic acids is 2. The summed E-state index contributed by atoms with van der Waals surface area (Å²) in [5.41, 5.74) is 1.60. The Bertz CT molecular complexity index is 670. The van der Waals surface area contributed by atoms with Gasteiger partial charge in [0.2, 0.25) is 0 Å². The van der Waals surface area contributed by atoms with Crippen LogP contribution in [0.25, 0.3) is 0 Å². The topological polar surface area (TPSA) is 79.2 Å². The van der Waals surface area contributed by atoms with E-state index in [9.17, 15) is 9.59 Å². The highest BCUT2D eigenvalue weighted by molar-refractivity contribution is 6.04. The number of anilines is 1. The van der Waals surface area contributed by atoms with E-state index in [2.05, 4.69) is 5.32 Å². The van der Waals surface area contributed by atoms with Gasteiger partial charge in [0.15, 0.2) is 6.61 Å². The van der Waals surface area contributed by atoms with Gasteiger partial charge < -0.3 is 10.1 Å². The number of amides is 1. The highest BCUT2D eigenvalue weighted by Gasteiger charge is 2.06. The quantitative estimate of drug-likeness (QED) is 0.854. The molecule has 2 rings (SSSR count). The summed E-state index contributed by atoms with van der Waals surface area (Å²) < 4.78 is 5.12. The van der Waals surface area contributed by atoms with Gasteiger partial charge in [-0.3, -0.25) is 9.59 Å². The minimum Gasteiger partial charge on any atom is -0.479 e. The number of carbonyl (C=O) groups is 2. The standard InChI is InChI=1S/C16H12N2O3/c17-9-10-21-15-7-5-14(6-8-15)18-16(20)13-3-1-12(11-19)2-4-13/h1-8,11H,10H2,(H,18,20). The lowest BCUT2D eigenvalue weighted by Crippen LogP contribution is -2.11. The summed E-state index contributed by atoms with van der Waals surface area (Å²) >= 11 is 0. The summed E-state index contributed by atoms with van der Waals surface area (Å²) in [7, 11) is 0. The molecule has 0 saturated heterocycles. The zero-order valence-electron chi connectivity index (χ0n) is 11.1. The van der Waals surface area contributed by atoms with Crippen LogP contribution >= 0.6 is 0 Å². The third-order valence-corrected chi connectivity index (χ3v) is 2.72. The maximum Gasteiger partial charge on any atom is 0.255 e. The molecule has 0 fully saturated rings. The summed E-state index contributed by atoms with van der Waals surface area (Å²) in [5.74, 6) is 0.294. The van der Waals surface area contributed by atoms with Crippen LogP contribution in [0.4, 0.5) is 5.69 Å². The molecule has 0 atom stereocenters. The molecule has 0 spiro atoms. The summed E-state index contributed by atoms with van der Waals surface area (Å²) in [6, 6.07) is 14.9. The maximum atomic E-state index is 12.0. The van der Waals surface area contributed by atoms with Crippen LogP contribution in [0.5, 0.6) is 5.75 Å². The zero-order valence-corrected chi connectivity index (χ0v) is 11.1. The van der Waals surface area contributed by atoms with E-state index in [0.717, 1.165) is 6.29 Å². The first-order valence-electron chi connectivity index (χ1n) is 6.19. The first-order valence-corrected chi connectivity index (χ1v) is 6.19. The molecular weight excluding hydrogens is 268 g/mol. The van der Waals surface area contributed by atoms with Crippen LogP contribution in [-0.4, -0.2) is 18.8 Å². The first kappa shape index (κ1) is 14.3. The second-order valence-electron chi connectivity index (χ2n) is 4.17. The lowest BCUT2D eigenvalue weighted by Gasteiger charge is -2.07. The van der Waals surface area contributed by atoms with Gasteiger partial charge in [-0.25, -0.2) is 0 Å². The smallest absolute Gasteiger partial charge is 0.255 e. The molecule has 1 N–H and O–H groups in total. The van der Waals surface area contributed by atoms with Gasteiger partial charge in [-0.15, -0.1) is 0 Å². The molecule has 21 heavy (non-hydrogen) atoms. The fourth-order valence-corrected chi connectivity index (χ4v) is 1.67. The van der Waals surface area contributed by atoms with Crippen molar-refractivity contribution in [2.45, 2.75) is 0 Å². The molecule has 0 saturated carbocycles. The SMILES string of the molecule is N#CCOc1ccc(NC(=O)c2ccc(C=O)cc2)cc1. The number of hydrogen-bond acceptors (Lipinski definition) is 4.